The van der Waals surface area contributed by atoms with Crippen LogP contribution < -0.4 is 0 Å². The normalized spacial score (nSPS) is 13.6. The zero-order valence-electron chi connectivity index (χ0n) is 24.6. The third-order valence-electron chi connectivity index (χ3n) is 9.52. The summed E-state index contributed by atoms with van der Waals surface area (Å²) in [7, 11) is 0. The summed E-state index contributed by atoms with van der Waals surface area (Å²) in [4.78, 5) is 4.64. The summed E-state index contributed by atoms with van der Waals surface area (Å²) < 4.78 is 0. The molecule has 7 aromatic rings. The molecule has 1 heteroatoms. The second-order valence-electron chi connectivity index (χ2n) is 12.6. The van der Waals surface area contributed by atoms with Crippen molar-refractivity contribution in [2.75, 3.05) is 0 Å². The molecule has 0 aliphatic heterocycles. The third-order valence-corrected chi connectivity index (χ3v) is 9.52. The van der Waals surface area contributed by atoms with Crippen LogP contribution in [0.3, 0.4) is 0 Å². The number of pyridine rings is 1. The predicted molar refractivity (Wildman–Crippen MR) is 179 cm³/mol. The van der Waals surface area contributed by atoms with Crippen LogP contribution in [0, 0.1) is 0 Å². The van der Waals surface area contributed by atoms with E-state index in [1.807, 2.05) is 6.20 Å². The van der Waals surface area contributed by atoms with E-state index in [-0.39, 0.29) is 5.41 Å². The fourth-order valence-electron chi connectivity index (χ4n) is 7.28. The van der Waals surface area contributed by atoms with Gasteiger partial charge in [-0.25, -0.2) is 0 Å². The first kappa shape index (κ1) is 25.0. The average Bonchev–Trinajstić information content (AvgIpc) is 3.25. The van der Waals surface area contributed by atoms with E-state index in [4.69, 9.17) is 0 Å². The monoisotopic (exact) mass is 539 g/mol. The first-order chi connectivity index (χ1) is 20.4. The van der Waals surface area contributed by atoms with E-state index in [2.05, 4.69) is 148 Å². The summed E-state index contributed by atoms with van der Waals surface area (Å²) in [6.07, 6.45) is 3.99. The predicted octanol–water partition coefficient (Wildman–Crippen LogP) is 11.3. The van der Waals surface area contributed by atoms with Gasteiger partial charge in [-0.1, -0.05) is 119 Å². The molecule has 0 fully saturated rings. The van der Waals surface area contributed by atoms with Crippen molar-refractivity contribution in [1.29, 1.82) is 0 Å². The summed E-state index contributed by atoms with van der Waals surface area (Å²) >= 11 is 0. The van der Waals surface area contributed by atoms with Crippen molar-refractivity contribution >= 4 is 32.3 Å². The lowest BCUT2D eigenvalue weighted by Crippen LogP contribution is -2.14. The van der Waals surface area contributed by atoms with Crippen molar-refractivity contribution in [1.82, 2.24) is 4.98 Å². The molecule has 0 N–H and O–H groups in total. The Labute approximate surface area is 247 Å². The molecule has 0 saturated carbocycles. The van der Waals surface area contributed by atoms with Crippen molar-refractivity contribution in [3.05, 3.63) is 138 Å². The maximum absolute atomic E-state index is 4.64. The minimum absolute atomic E-state index is 0.0461. The molecule has 202 valence electrons. The fourth-order valence-corrected chi connectivity index (χ4v) is 7.28. The van der Waals surface area contributed by atoms with Gasteiger partial charge in [0.05, 0.1) is 0 Å². The molecule has 0 atom stereocenters. The van der Waals surface area contributed by atoms with Crippen molar-refractivity contribution in [2.24, 2.45) is 0 Å². The van der Waals surface area contributed by atoms with E-state index in [0.29, 0.717) is 5.92 Å². The summed E-state index contributed by atoms with van der Waals surface area (Å²) in [6.45, 7) is 9.22. The molecular formula is C41H33N. The molecule has 6 aromatic carbocycles. The van der Waals surface area contributed by atoms with E-state index < -0.39 is 0 Å². The Bertz CT molecular complexity index is 2140. The highest BCUT2D eigenvalue weighted by molar-refractivity contribution is 6.21. The topological polar surface area (TPSA) is 12.9 Å². The van der Waals surface area contributed by atoms with Crippen molar-refractivity contribution in [3.63, 3.8) is 0 Å². The van der Waals surface area contributed by atoms with Crippen molar-refractivity contribution in [3.8, 4) is 33.4 Å². The quantitative estimate of drug-likeness (QED) is 0.204. The molecule has 0 unspecified atom stereocenters. The number of benzene rings is 6. The minimum Gasteiger partial charge on any atom is -0.264 e. The summed E-state index contributed by atoms with van der Waals surface area (Å²) in [5, 5.41) is 7.51. The Morgan fingerprint density at radius 3 is 1.98 bits per heavy atom. The lowest BCUT2D eigenvalue weighted by Gasteiger charge is -2.23. The molecule has 0 radical (unpaired) electrons. The van der Waals surface area contributed by atoms with Crippen LogP contribution in [0.5, 0.6) is 0 Å². The maximum Gasteiger partial charge on any atom is 0.0353 e. The molecular weight excluding hydrogens is 506 g/mol. The molecule has 0 bridgehead atoms. The second kappa shape index (κ2) is 9.13. The molecule has 8 rings (SSSR count). The van der Waals surface area contributed by atoms with E-state index in [1.165, 1.54) is 82.4 Å². The second-order valence-corrected chi connectivity index (χ2v) is 12.6. The van der Waals surface area contributed by atoms with E-state index >= 15 is 0 Å². The first-order valence-electron chi connectivity index (χ1n) is 15.0. The Balaban J connectivity index is 1.39. The van der Waals surface area contributed by atoms with Crippen LogP contribution in [0.25, 0.3) is 65.7 Å². The highest BCUT2D eigenvalue weighted by atomic mass is 14.6. The number of rotatable bonds is 3. The van der Waals surface area contributed by atoms with Gasteiger partial charge in [-0.05, 0) is 101 Å². The molecule has 42 heavy (non-hydrogen) atoms. The molecule has 1 heterocycles. The van der Waals surface area contributed by atoms with Gasteiger partial charge in [0.15, 0.2) is 0 Å². The lowest BCUT2D eigenvalue weighted by molar-refractivity contribution is 0.660. The van der Waals surface area contributed by atoms with Crippen LogP contribution in [0.2, 0.25) is 0 Å². The van der Waals surface area contributed by atoms with Gasteiger partial charge in [0, 0.05) is 23.2 Å². The van der Waals surface area contributed by atoms with Gasteiger partial charge < -0.3 is 0 Å². The first-order valence-corrected chi connectivity index (χ1v) is 15.0. The number of hydrogen-bond acceptors (Lipinski definition) is 1. The number of nitrogens with zero attached hydrogens (tertiary/aromatic N) is 1. The Hall–Kier alpha value is -4.75. The number of aromatic nitrogens is 1. The summed E-state index contributed by atoms with van der Waals surface area (Å²) in [5.41, 5.74) is 11.9. The molecule has 0 saturated heterocycles. The van der Waals surface area contributed by atoms with E-state index in [0.717, 1.165) is 0 Å². The van der Waals surface area contributed by atoms with Crippen LogP contribution in [-0.2, 0) is 5.41 Å². The molecule has 1 aliphatic rings. The maximum atomic E-state index is 4.64. The SMILES string of the molecule is CC(C)c1ccc2cc(-c3c4ccccc4c(-c4ccc5c(c4)C(C)(C)c4ccccc4-5)c4ccncc34)ccc2c1. The summed E-state index contributed by atoms with van der Waals surface area (Å²) in [6, 6.07) is 40.9. The van der Waals surface area contributed by atoms with Crippen LogP contribution >= 0.6 is 0 Å². The van der Waals surface area contributed by atoms with Crippen molar-refractivity contribution < 1.29 is 0 Å². The minimum atomic E-state index is -0.0461. The van der Waals surface area contributed by atoms with Gasteiger partial charge >= 0.3 is 0 Å². The highest BCUT2D eigenvalue weighted by Crippen LogP contribution is 2.51. The van der Waals surface area contributed by atoms with Gasteiger partial charge in [-0.2, -0.15) is 0 Å². The Morgan fingerprint density at radius 1 is 0.548 bits per heavy atom. The Kier molecular flexibility index (Phi) is 5.43. The van der Waals surface area contributed by atoms with E-state index in [9.17, 15) is 0 Å². The number of hydrogen-bond donors (Lipinski definition) is 0. The zero-order valence-corrected chi connectivity index (χ0v) is 24.6. The summed E-state index contributed by atoms with van der Waals surface area (Å²) in [5.74, 6) is 0.513. The molecule has 1 aliphatic carbocycles. The largest absolute Gasteiger partial charge is 0.264 e. The van der Waals surface area contributed by atoms with Gasteiger partial charge in [0.25, 0.3) is 0 Å². The fraction of sp³-hybridized carbons (Fsp3) is 0.146. The molecule has 1 nitrogen and oxygen atoms in total. The van der Waals surface area contributed by atoms with E-state index in [1.54, 1.807) is 0 Å². The van der Waals surface area contributed by atoms with Crippen LogP contribution in [0.4, 0.5) is 0 Å². The third kappa shape index (κ3) is 3.59. The lowest BCUT2D eigenvalue weighted by atomic mass is 9.80. The molecule has 0 spiro atoms. The van der Waals surface area contributed by atoms with Crippen LogP contribution in [-0.4, -0.2) is 4.98 Å². The standard InChI is InChI=1S/C41H33N/c1-25(2)26-13-14-28-22-29(16-15-27(28)21-26)40-34-11-6-5-10-33(34)39(35-19-20-42-24-36(35)40)30-17-18-32-31-9-7-8-12-37(31)41(3,4)38(32)23-30/h5-25H,1-4H3. The van der Waals surface area contributed by atoms with Crippen molar-refractivity contribution in [2.45, 2.75) is 39.0 Å². The number of fused-ring (bicyclic) bond motifs is 6. The Morgan fingerprint density at radius 2 is 1.17 bits per heavy atom. The van der Waals surface area contributed by atoms with Gasteiger partial charge in [-0.3, -0.25) is 4.98 Å². The van der Waals surface area contributed by atoms with Gasteiger partial charge in [0.2, 0.25) is 0 Å². The zero-order chi connectivity index (χ0) is 28.6. The molecule has 0 amide bonds. The van der Waals surface area contributed by atoms with Crippen LogP contribution in [0.15, 0.2) is 122 Å². The van der Waals surface area contributed by atoms with Crippen LogP contribution in [0.1, 0.15) is 50.3 Å². The smallest absolute Gasteiger partial charge is 0.0353 e. The van der Waals surface area contributed by atoms with Gasteiger partial charge in [-0.15, -0.1) is 0 Å². The molecule has 1 aromatic heterocycles. The highest BCUT2D eigenvalue weighted by Gasteiger charge is 2.35. The van der Waals surface area contributed by atoms with Gasteiger partial charge in [0.1, 0.15) is 0 Å². The average molecular weight is 540 g/mol.